The molecule has 3 heteroatoms. The van der Waals surface area contributed by atoms with E-state index in [1.54, 1.807) is 0 Å². The number of hydrogen-bond donors (Lipinski definition) is 0. The summed E-state index contributed by atoms with van der Waals surface area (Å²) >= 11 is 0. The van der Waals surface area contributed by atoms with Crippen LogP contribution in [0.25, 0.3) is 11.0 Å². The van der Waals surface area contributed by atoms with Crippen molar-refractivity contribution in [1.29, 1.82) is 0 Å². The van der Waals surface area contributed by atoms with E-state index in [4.69, 9.17) is 0 Å². The van der Waals surface area contributed by atoms with E-state index in [1.165, 1.54) is 11.1 Å². The average molecular weight is 158 g/mol. The van der Waals surface area contributed by atoms with Gasteiger partial charge in [0.05, 0.1) is 17.4 Å². The highest BCUT2D eigenvalue weighted by atomic mass is 15.0. The van der Waals surface area contributed by atoms with Crippen LogP contribution < -0.4 is 0 Å². The Balaban J connectivity index is 2.69. The lowest BCUT2D eigenvalue weighted by Gasteiger charge is -1.96. The van der Waals surface area contributed by atoms with Gasteiger partial charge in [-0.15, -0.1) is 0 Å². The molecule has 0 aliphatic rings. The maximum absolute atomic E-state index is 4.29. The summed E-state index contributed by atoms with van der Waals surface area (Å²) in [4.78, 5) is 4.29. The van der Waals surface area contributed by atoms with Gasteiger partial charge in [0.15, 0.2) is 0 Å². The van der Waals surface area contributed by atoms with Crippen LogP contribution in [0.2, 0.25) is 0 Å². The highest BCUT2D eigenvalue weighted by Crippen LogP contribution is 2.13. The summed E-state index contributed by atoms with van der Waals surface area (Å²) in [6.45, 7) is 0. The predicted octanol–water partition coefficient (Wildman–Crippen LogP) is 0.706. The van der Waals surface area contributed by atoms with Crippen molar-refractivity contribution in [3.63, 3.8) is 0 Å². The molecule has 0 N–H and O–H groups in total. The smallest absolute Gasteiger partial charge is 0.107 e. The van der Waals surface area contributed by atoms with E-state index < -0.39 is 0 Å². The third-order valence-electron chi connectivity index (χ3n) is 2.20. The number of aryl methyl sites for hydroxylation is 1. The molecule has 0 aliphatic carbocycles. The molecule has 2 aromatic rings. The lowest BCUT2D eigenvalue weighted by atomic mass is 9.97. The molecule has 12 heavy (non-hydrogen) atoms. The maximum atomic E-state index is 4.29. The Bertz CT molecular complexity index is 406. The third-order valence-corrected chi connectivity index (χ3v) is 2.20. The summed E-state index contributed by atoms with van der Waals surface area (Å²) in [5.74, 6) is 0. The van der Waals surface area contributed by atoms with Crippen molar-refractivity contribution in [2.75, 3.05) is 0 Å². The lowest BCUT2D eigenvalue weighted by molar-refractivity contribution is 0.947. The Labute approximate surface area is 72.6 Å². The monoisotopic (exact) mass is 158 g/mol. The second-order valence-corrected chi connectivity index (χ2v) is 3.03. The minimum absolute atomic E-state index is 1.08. The molecule has 0 bridgehead atoms. The normalized spacial score (nSPS) is 10.8. The Hall–Kier alpha value is -1.25. The molecular formula is C9H11BN2. The van der Waals surface area contributed by atoms with Gasteiger partial charge in [-0.25, -0.2) is 4.98 Å². The number of rotatable bonds is 1. The predicted molar refractivity (Wildman–Crippen MR) is 53.0 cm³/mol. The Morgan fingerprint density at radius 3 is 3.08 bits per heavy atom. The zero-order chi connectivity index (χ0) is 8.55. The van der Waals surface area contributed by atoms with Gasteiger partial charge < -0.3 is 4.57 Å². The number of nitrogens with zero attached hydrogens (tertiary/aromatic N) is 2. The number of benzene rings is 1. The standard InChI is InChI=1S/C9H11BN2/c1-12-6-11-8-4-7(5-10)2-3-9(8)12/h2-4,6H,5,10H2,1H3. The molecule has 0 radical (unpaired) electrons. The van der Waals surface area contributed by atoms with Crippen LogP contribution in [0.1, 0.15) is 5.56 Å². The van der Waals surface area contributed by atoms with E-state index in [0.717, 1.165) is 11.8 Å². The van der Waals surface area contributed by atoms with Crippen LogP contribution in [-0.4, -0.2) is 17.4 Å². The van der Waals surface area contributed by atoms with Gasteiger partial charge in [0.2, 0.25) is 0 Å². The van der Waals surface area contributed by atoms with Crippen LogP contribution in [0.3, 0.4) is 0 Å². The van der Waals surface area contributed by atoms with Crippen LogP contribution in [0.15, 0.2) is 24.5 Å². The van der Waals surface area contributed by atoms with Crippen LogP contribution >= 0.6 is 0 Å². The molecule has 1 aromatic heterocycles. The molecule has 0 fully saturated rings. The van der Waals surface area contributed by atoms with Crippen molar-refractivity contribution in [3.8, 4) is 0 Å². The fourth-order valence-corrected chi connectivity index (χ4v) is 1.40. The summed E-state index contributed by atoms with van der Waals surface area (Å²) in [6.07, 6.45) is 2.93. The highest BCUT2D eigenvalue weighted by Gasteiger charge is 1.98. The first-order valence-electron chi connectivity index (χ1n) is 4.21. The van der Waals surface area contributed by atoms with E-state index in [9.17, 15) is 0 Å². The third kappa shape index (κ3) is 1.02. The zero-order valence-corrected chi connectivity index (χ0v) is 7.41. The second kappa shape index (κ2) is 2.66. The first-order chi connectivity index (χ1) is 5.81. The summed E-state index contributed by atoms with van der Waals surface area (Å²) in [6, 6.07) is 6.43. The Morgan fingerprint density at radius 1 is 1.50 bits per heavy atom. The van der Waals surface area contributed by atoms with E-state index in [1.807, 2.05) is 17.9 Å². The van der Waals surface area contributed by atoms with Crippen molar-refractivity contribution < 1.29 is 0 Å². The van der Waals surface area contributed by atoms with Crippen LogP contribution in [0.5, 0.6) is 0 Å². The summed E-state index contributed by atoms with van der Waals surface area (Å²) < 4.78 is 2.04. The van der Waals surface area contributed by atoms with Crippen molar-refractivity contribution in [3.05, 3.63) is 30.1 Å². The molecule has 1 heterocycles. The largest absolute Gasteiger partial charge is 0.334 e. The van der Waals surface area contributed by atoms with Gasteiger partial charge in [0.25, 0.3) is 0 Å². The second-order valence-electron chi connectivity index (χ2n) is 3.03. The maximum Gasteiger partial charge on any atom is 0.107 e. The molecule has 0 unspecified atom stereocenters. The van der Waals surface area contributed by atoms with Crippen LogP contribution in [0, 0.1) is 0 Å². The SMILES string of the molecule is BCc1ccc2c(c1)ncn2C. The van der Waals surface area contributed by atoms with E-state index >= 15 is 0 Å². The first kappa shape index (κ1) is 7.41. The number of aromatic nitrogens is 2. The molecule has 1 aromatic carbocycles. The molecule has 60 valence electrons. The molecule has 0 atom stereocenters. The van der Waals surface area contributed by atoms with Crippen molar-refractivity contribution in [1.82, 2.24) is 9.55 Å². The Kier molecular flexibility index (Phi) is 1.64. The minimum Gasteiger partial charge on any atom is -0.334 e. The van der Waals surface area contributed by atoms with Gasteiger partial charge in [-0.05, 0) is 12.1 Å². The molecule has 0 saturated carbocycles. The highest BCUT2D eigenvalue weighted by molar-refractivity contribution is 6.08. The van der Waals surface area contributed by atoms with Gasteiger partial charge in [-0.1, -0.05) is 17.9 Å². The molecule has 0 spiro atoms. The van der Waals surface area contributed by atoms with E-state index in [0.29, 0.717) is 0 Å². The number of imidazole rings is 1. The molecule has 2 rings (SSSR count). The molecule has 0 saturated heterocycles. The lowest BCUT2D eigenvalue weighted by Crippen LogP contribution is -1.86. The summed E-state index contributed by atoms with van der Waals surface area (Å²) in [7, 11) is 4.17. The van der Waals surface area contributed by atoms with Gasteiger partial charge in [0, 0.05) is 7.05 Å². The first-order valence-corrected chi connectivity index (χ1v) is 4.21. The zero-order valence-electron chi connectivity index (χ0n) is 7.41. The fraction of sp³-hybridized carbons (Fsp3) is 0.222. The quantitative estimate of drug-likeness (QED) is 0.558. The van der Waals surface area contributed by atoms with Gasteiger partial charge in [0.1, 0.15) is 7.85 Å². The number of hydrogen-bond acceptors (Lipinski definition) is 1. The van der Waals surface area contributed by atoms with Gasteiger partial charge in [-0.2, -0.15) is 0 Å². The van der Waals surface area contributed by atoms with Crippen molar-refractivity contribution >= 4 is 18.9 Å². The molecule has 2 nitrogen and oxygen atoms in total. The molecule has 0 amide bonds. The molecule has 0 aliphatic heterocycles. The molecular weight excluding hydrogens is 147 g/mol. The van der Waals surface area contributed by atoms with Crippen LogP contribution in [0.4, 0.5) is 0 Å². The topological polar surface area (TPSA) is 17.8 Å². The van der Waals surface area contributed by atoms with Crippen molar-refractivity contribution in [2.24, 2.45) is 7.05 Å². The number of fused-ring (bicyclic) bond motifs is 1. The fourth-order valence-electron chi connectivity index (χ4n) is 1.40. The average Bonchev–Trinajstić information content (AvgIpc) is 2.47. The van der Waals surface area contributed by atoms with Gasteiger partial charge >= 0.3 is 0 Å². The minimum atomic E-state index is 1.08. The van der Waals surface area contributed by atoms with E-state index in [-0.39, 0.29) is 0 Å². The summed E-state index contributed by atoms with van der Waals surface area (Å²) in [5.41, 5.74) is 3.64. The Morgan fingerprint density at radius 2 is 2.33 bits per heavy atom. The van der Waals surface area contributed by atoms with Crippen molar-refractivity contribution in [2.45, 2.75) is 6.32 Å². The van der Waals surface area contributed by atoms with Gasteiger partial charge in [-0.3, -0.25) is 0 Å². The summed E-state index contributed by atoms with van der Waals surface area (Å²) in [5, 5.41) is 0. The van der Waals surface area contributed by atoms with Crippen LogP contribution in [-0.2, 0) is 13.4 Å². The van der Waals surface area contributed by atoms with E-state index in [2.05, 4.69) is 31.0 Å².